The van der Waals surface area contributed by atoms with Gasteiger partial charge in [-0.2, -0.15) is 0 Å². The van der Waals surface area contributed by atoms with E-state index in [0.29, 0.717) is 17.2 Å². The van der Waals surface area contributed by atoms with Gasteiger partial charge in [0.25, 0.3) is 10.0 Å². The lowest BCUT2D eigenvalue weighted by Crippen LogP contribution is -2.13. The molecule has 1 N–H and O–H groups in total. The zero-order valence-corrected chi connectivity index (χ0v) is 14.4. The molecule has 0 saturated carbocycles. The highest BCUT2D eigenvalue weighted by Crippen LogP contribution is 2.37. The Bertz CT molecular complexity index is 790. The van der Waals surface area contributed by atoms with Crippen LogP contribution in [0.5, 0.6) is 17.2 Å². The van der Waals surface area contributed by atoms with E-state index in [1.165, 1.54) is 45.6 Å². The normalized spacial score (nSPS) is 11.0. The molecule has 0 saturated heterocycles. The molecule has 124 valence electrons. The van der Waals surface area contributed by atoms with Crippen molar-refractivity contribution in [3.8, 4) is 17.2 Å². The Morgan fingerprint density at radius 1 is 0.913 bits per heavy atom. The highest BCUT2D eigenvalue weighted by Gasteiger charge is 2.18. The lowest BCUT2D eigenvalue weighted by molar-refractivity contribution is 0.355. The average Bonchev–Trinajstić information content (AvgIpc) is 2.56. The standard InChI is InChI=1S/C15H16ClNO5S/c1-20-10-4-6-11(7-5-10)23(18,19)17-13-9-15(22-3)14(21-2)8-12(13)16/h4-9,17H,1-3H3. The molecule has 0 heterocycles. The van der Waals surface area contributed by atoms with Crippen molar-refractivity contribution in [2.24, 2.45) is 0 Å². The van der Waals surface area contributed by atoms with Crippen LogP contribution in [-0.4, -0.2) is 29.7 Å². The van der Waals surface area contributed by atoms with E-state index in [-0.39, 0.29) is 15.6 Å². The van der Waals surface area contributed by atoms with E-state index >= 15 is 0 Å². The van der Waals surface area contributed by atoms with Gasteiger partial charge in [0, 0.05) is 12.1 Å². The molecule has 0 radical (unpaired) electrons. The van der Waals surface area contributed by atoms with Crippen LogP contribution < -0.4 is 18.9 Å². The van der Waals surface area contributed by atoms with E-state index in [9.17, 15) is 8.42 Å². The number of halogens is 1. The Morgan fingerprint density at radius 3 is 2.00 bits per heavy atom. The molecule has 0 aliphatic heterocycles. The van der Waals surface area contributed by atoms with Crippen LogP contribution in [0.2, 0.25) is 5.02 Å². The third kappa shape index (κ3) is 3.80. The molecule has 0 bridgehead atoms. The van der Waals surface area contributed by atoms with Gasteiger partial charge < -0.3 is 14.2 Å². The van der Waals surface area contributed by atoms with Gasteiger partial charge in [-0.05, 0) is 24.3 Å². The summed E-state index contributed by atoms with van der Waals surface area (Å²) in [5, 5.41) is 0.194. The molecule has 2 rings (SSSR count). The molecule has 23 heavy (non-hydrogen) atoms. The molecule has 0 aromatic heterocycles. The number of hydrogen-bond donors (Lipinski definition) is 1. The molecule has 0 amide bonds. The van der Waals surface area contributed by atoms with Crippen molar-refractivity contribution >= 4 is 27.3 Å². The van der Waals surface area contributed by atoms with E-state index in [0.717, 1.165) is 0 Å². The molecule has 0 fully saturated rings. The highest BCUT2D eigenvalue weighted by atomic mass is 35.5. The van der Waals surface area contributed by atoms with Gasteiger partial charge in [-0.3, -0.25) is 4.72 Å². The molecule has 0 aliphatic carbocycles. The second kappa shape index (κ2) is 6.97. The smallest absolute Gasteiger partial charge is 0.261 e. The quantitative estimate of drug-likeness (QED) is 0.859. The Balaban J connectivity index is 2.36. The Hall–Kier alpha value is -2.12. The van der Waals surface area contributed by atoms with Crippen LogP contribution in [0.3, 0.4) is 0 Å². The summed E-state index contributed by atoms with van der Waals surface area (Å²) in [6.45, 7) is 0. The molecule has 2 aromatic rings. The molecule has 0 unspecified atom stereocenters. The summed E-state index contributed by atoms with van der Waals surface area (Å²) in [5.41, 5.74) is 0.195. The lowest BCUT2D eigenvalue weighted by Gasteiger charge is -2.14. The van der Waals surface area contributed by atoms with Crippen molar-refractivity contribution in [3.63, 3.8) is 0 Å². The van der Waals surface area contributed by atoms with E-state index in [2.05, 4.69) is 4.72 Å². The van der Waals surface area contributed by atoms with E-state index in [1.807, 2.05) is 0 Å². The van der Waals surface area contributed by atoms with Gasteiger partial charge in [0.1, 0.15) is 5.75 Å². The number of ether oxygens (including phenoxy) is 3. The Morgan fingerprint density at radius 2 is 1.48 bits per heavy atom. The maximum Gasteiger partial charge on any atom is 0.261 e. The third-order valence-electron chi connectivity index (χ3n) is 3.09. The molecular formula is C15H16ClNO5S. The van der Waals surface area contributed by atoms with E-state index in [4.69, 9.17) is 25.8 Å². The summed E-state index contributed by atoms with van der Waals surface area (Å²) < 4.78 is 42.5. The first-order chi connectivity index (χ1) is 10.9. The molecule has 0 spiro atoms. The second-order valence-corrected chi connectivity index (χ2v) is 6.56. The summed E-state index contributed by atoms with van der Waals surface area (Å²) in [4.78, 5) is 0.0872. The van der Waals surface area contributed by atoms with Crippen LogP contribution >= 0.6 is 11.6 Å². The van der Waals surface area contributed by atoms with E-state index < -0.39 is 10.0 Å². The van der Waals surface area contributed by atoms with Crippen molar-refractivity contribution in [2.45, 2.75) is 4.90 Å². The van der Waals surface area contributed by atoms with Crippen LogP contribution in [0.4, 0.5) is 5.69 Å². The minimum Gasteiger partial charge on any atom is -0.497 e. The fourth-order valence-electron chi connectivity index (χ4n) is 1.89. The SMILES string of the molecule is COc1ccc(S(=O)(=O)Nc2cc(OC)c(OC)cc2Cl)cc1. The van der Waals surface area contributed by atoms with Crippen molar-refractivity contribution in [2.75, 3.05) is 26.1 Å². The monoisotopic (exact) mass is 357 g/mol. The molecule has 0 aliphatic rings. The summed E-state index contributed by atoms with van der Waals surface area (Å²) in [7, 11) is 0.633. The van der Waals surface area contributed by atoms with E-state index in [1.54, 1.807) is 12.1 Å². The Labute approximate surface area is 140 Å². The first kappa shape index (κ1) is 17.2. The minimum atomic E-state index is -3.79. The second-order valence-electron chi connectivity index (χ2n) is 4.47. The molecule has 0 atom stereocenters. The van der Waals surface area contributed by atoms with Gasteiger partial charge in [0.15, 0.2) is 11.5 Å². The topological polar surface area (TPSA) is 73.9 Å². The van der Waals surface area contributed by atoms with Crippen molar-refractivity contribution in [1.82, 2.24) is 0 Å². The number of rotatable bonds is 6. The predicted molar refractivity (Wildman–Crippen MR) is 88.4 cm³/mol. The third-order valence-corrected chi connectivity index (χ3v) is 4.78. The molecule has 6 nitrogen and oxygen atoms in total. The minimum absolute atomic E-state index is 0.0872. The van der Waals surface area contributed by atoms with Gasteiger partial charge in [-0.25, -0.2) is 8.42 Å². The van der Waals surface area contributed by atoms with Crippen molar-refractivity contribution in [1.29, 1.82) is 0 Å². The van der Waals surface area contributed by atoms with Crippen LogP contribution in [0.25, 0.3) is 0 Å². The van der Waals surface area contributed by atoms with Gasteiger partial charge in [-0.1, -0.05) is 11.6 Å². The number of anilines is 1. The summed E-state index contributed by atoms with van der Waals surface area (Å²) in [6, 6.07) is 8.94. The lowest BCUT2D eigenvalue weighted by atomic mass is 10.3. The average molecular weight is 358 g/mol. The fraction of sp³-hybridized carbons (Fsp3) is 0.200. The first-order valence-corrected chi connectivity index (χ1v) is 8.35. The number of hydrogen-bond acceptors (Lipinski definition) is 5. The highest BCUT2D eigenvalue weighted by molar-refractivity contribution is 7.92. The van der Waals surface area contributed by atoms with Crippen LogP contribution in [-0.2, 0) is 10.0 Å². The van der Waals surface area contributed by atoms with Crippen LogP contribution in [0.1, 0.15) is 0 Å². The first-order valence-electron chi connectivity index (χ1n) is 6.49. The zero-order chi connectivity index (χ0) is 17.0. The van der Waals surface area contributed by atoms with Crippen LogP contribution in [0.15, 0.2) is 41.3 Å². The number of nitrogens with one attached hydrogen (secondary N) is 1. The number of benzene rings is 2. The predicted octanol–water partition coefficient (Wildman–Crippen LogP) is 3.17. The van der Waals surface area contributed by atoms with Crippen LogP contribution in [0, 0.1) is 0 Å². The molecular weight excluding hydrogens is 342 g/mol. The molecule has 8 heteroatoms. The summed E-state index contributed by atoms with van der Waals surface area (Å²) >= 11 is 6.10. The van der Waals surface area contributed by atoms with Gasteiger partial charge >= 0.3 is 0 Å². The molecule has 2 aromatic carbocycles. The van der Waals surface area contributed by atoms with Crippen molar-refractivity contribution in [3.05, 3.63) is 41.4 Å². The number of methoxy groups -OCH3 is 3. The van der Waals surface area contributed by atoms with Crippen molar-refractivity contribution < 1.29 is 22.6 Å². The zero-order valence-electron chi connectivity index (χ0n) is 12.8. The maximum absolute atomic E-state index is 12.4. The summed E-state index contributed by atoms with van der Waals surface area (Å²) in [6.07, 6.45) is 0. The van der Waals surface area contributed by atoms with Gasteiger partial charge in [0.05, 0.1) is 36.9 Å². The number of sulfonamides is 1. The fourth-order valence-corrected chi connectivity index (χ4v) is 3.22. The Kier molecular flexibility index (Phi) is 5.23. The maximum atomic E-state index is 12.4. The summed E-state index contributed by atoms with van der Waals surface area (Å²) in [5.74, 6) is 1.34. The largest absolute Gasteiger partial charge is 0.497 e. The van der Waals surface area contributed by atoms with Gasteiger partial charge in [0.2, 0.25) is 0 Å². The van der Waals surface area contributed by atoms with Gasteiger partial charge in [-0.15, -0.1) is 0 Å².